The van der Waals surface area contributed by atoms with E-state index in [0.717, 1.165) is 17.7 Å². The van der Waals surface area contributed by atoms with Crippen molar-refractivity contribution in [1.29, 1.82) is 0 Å². The summed E-state index contributed by atoms with van der Waals surface area (Å²) < 4.78 is 39.3. The molecule has 4 rings (SSSR count). The van der Waals surface area contributed by atoms with Crippen molar-refractivity contribution in [2.45, 2.75) is 12.6 Å². The molecule has 0 unspecified atom stereocenters. The fraction of sp³-hybridized carbons (Fsp3) is 0.150. The van der Waals surface area contributed by atoms with Crippen LogP contribution in [0, 0.1) is 0 Å². The van der Waals surface area contributed by atoms with Crippen LogP contribution in [0.2, 0.25) is 0 Å². The number of aromatic amines is 1. The van der Waals surface area contributed by atoms with E-state index in [9.17, 15) is 18.0 Å². The number of fused-ring (bicyclic) bond motifs is 5. The second-order valence-corrected chi connectivity index (χ2v) is 6.35. The number of aliphatic hydroxyl groups excluding tert-OH is 1. The molecule has 0 saturated carbocycles. The van der Waals surface area contributed by atoms with E-state index in [-0.39, 0.29) is 18.9 Å². The Balaban J connectivity index is 1.96. The molecule has 0 radical (unpaired) electrons. The number of benzene rings is 2. The van der Waals surface area contributed by atoms with Crippen LogP contribution in [0.5, 0.6) is 0 Å². The number of aromatic nitrogens is 1. The van der Waals surface area contributed by atoms with Gasteiger partial charge in [-0.1, -0.05) is 18.2 Å². The summed E-state index contributed by atoms with van der Waals surface area (Å²) in [5, 5.41) is 12.1. The summed E-state index contributed by atoms with van der Waals surface area (Å²) in [6, 6.07) is 8.86. The van der Waals surface area contributed by atoms with Crippen molar-refractivity contribution in [1.82, 2.24) is 4.98 Å². The van der Waals surface area contributed by atoms with Gasteiger partial charge in [-0.3, -0.25) is 4.79 Å². The quantitative estimate of drug-likeness (QED) is 0.626. The van der Waals surface area contributed by atoms with Crippen LogP contribution in [0.3, 0.4) is 0 Å². The molecule has 3 N–H and O–H groups in total. The van der Waals surface area contributed by atoms with Gasteiger partial charge in [0.05, 0.1) is 30.0 Å². The van der Waals surface area contributed by atoms with Gasteiger partial charge in [-0.25, -0.2) is 0 Å². The average Bonchev–Trinajstić information content (AvgIpc) is 2.90. The van der Waals surface area contributed by atoms with Crippen molar-refractivity contribution >= 4 is 28.6 Å². The third kappa shape index (κ3) is 3.10. The highest BCUT2D eigenvalue weighted by Crippen LogP contribution is 2.40. The molecule has 1 aliphatic rings. The Morgan fingerprint density at radius 3 is 2.70 bits per heavy atom. The van der Waals surface area contributed by atoms with Gasteiger partial charge in [0.25, 0.3) is 0 Å². The molecule has 2 heterocycles. The number of alkyl halides is 3. The molecule has 0 atom stereocenters. The second-order valence-electron chi connectivity index (χ2n) is 6.35. The van der Waals surface area contributed by atoms with Gasteiger partial charge >= 0.3 is 6.18 Å². The predicted octanol–water partition coefficient (Wildman–Crippen LogP) is 4.35. The minimum Gasteiger partial charge on any atom is -0.392 e. The maximum atomic E-state index is 13.1. The van der Waals surface area contributed by atoms with Crippen molar-refractivity contribution in [3.63, 3.8) is 0 Å². The van der Waals surface area contributed by atoms with E-state index in [2.05, 4.69) is 10.3 Å². The first-order valence-corrected chi connectivity index (χ1v) is 8.30. The van der Waals surface area contributed by atoms with Gasteiger partial charge in [-0.2, -0.15) is 13.2 Å². The van der Waals surface area contributed by atoms with Crippen molar-refractivity contribution in [2.75, 3.05) is 11.9 Å². The molecule has 0 fully saturated rings. The van der Waals surface area contributed by atoms with E-state index < -0.39 is 11.7 Å². The van der Waals surface area contributed by atoms with Crippen LogP contribution in [-0.4, -0.2) is 22.6 Å². The summed E-state index contributed by atoms with van der Waals surface area (Å²) in [5.41, 5.74) is 3.04. The third-order valence-electron chi connectivity index (χ3n) is 4.57. The first-order valence-electron chi connectivity index (χ1n) is 8.30. The molecule has 1 aromatic heterocycles. The smallest absolute Gasteiger partial charge is 0.392 e. The summed E-state index contributed by atoms with van der Waals surface area (Å²) >= 11 is 0. The van der Waals surface area contributed by atoms with E-state index >= 15 is 0 Å². The lowest BCUT2D eigenvalue weighted by Crippen LogP contribution is -2.12. The number of hydrogen-bond acceptors (Lipinski definition) is 2. The van der Waals surface area contributed by atoms with Gasteiger partial charge in [0.15, 0.2) is 0 Å². The first-order chi connectivity index (χ1) is 12.9. The highest BCUT2D eigenvalue weighted by molar-refractivity contribution is 6.05. The first kappa shape index (κ1) is 17.4. The average molecular weight is 372 g/mol. The van der Waals surface area contributed by atoms with Gasteiger partial charge < -0.3 is 15.4 Å². The Morgan fingerprint density at radius 1 is 1.15 bits per heavy atom. The minimum atomic E-state index is -4.45. The number of nitrogens with one attached hydrogen (secondary N) is 2. The van der Waals surface area contributed by atoms with Crippen molar-refractivity contribution in [3.8, 4) is 11.3 Å². The third-order valence-corrected chi connectivity index (χ3v) is 4.57. The number of rotatable bonds is 2. The van der Waals surface area contributed by atoms with E-state index in [1.54, 1.807) is 24.3 Å². The largest absolute Gasteiger partial charge is 0.416 e. The lowest BCUT2D eigenvalue weighted by molar-refractivity contribution is -0.137. The lowest BCUT2D eigenvalue weighted by Gasteiger charge is -2.08. The summed E-state index contributed by atoms with van der Waals surface area (Å²) in [6.45, 7) is -0.105. The molecule has 3 aromatic rings. The summed E-state index contributed by atoms with van der Waals surface area (Å²) in [5.74, 6) is -0.285. The van der Waals surface area contributed by atoms with Crippen molar-refractivity contribution < 1.29 is 23.1 Å². The Labute approximate surface area is 152 Å². The Bertz CT molecular complexity index is 1080. The van der Waals surface area contributed by atoms with Gasteiger partial charge in [0.1, 0.15) is 0 Å². The zero-order chi connectivity index (χ0) is 19.2. The molecule has 1 amide bonds. The molecular weight excluding hydrogens is 357 g/mol. The maximum Gasteiger partial charge on any atom is 0.416 e. The predicted molar refractivity (Wildman–Crippen MR) is 97.2 cm³/mol. The monoisotopic (exact) mass is 372 g/mol. The number of anilines is 1. The topological polar surface area (TPSA) is 65.1 Å². The van der Waals surface area contributed by atoms with Crippen LogP contribution in [0.4, 0.5) is 18.9 Å². The van der Waals surface area contributed by atoms with Gasteiger partial charge in [0.2, 0.25) is 5.91 Å². The van der Waals surface area contributed by atoms with Crippen molar-refractivity contribution in [2.24, 2.45) is 0 Å². The molecule has 4 nitrogen and oxygen atoms in total. The number of carbonyl (C=O) groups excluding carboxylic acids is 1. The molecule has 0 saturated heterocycles. The Morgan fingerprint density at radius 2 is 1.96 bits per heavy atom. The van der Waals surface area contributed by atoms with E-state index in [4.69, 9.17) is 5.11 Å². The number of halogens is 3. The number of H-pyrrole nitrogens is 1. The zero-order valence-corrected chi connectivity index (χ0v) is 14.0. The highest BCUT2D eigenvalue weighted by Gasteiger charge is 2.32. The fourth-order valence-electron chi connectivity index (χ4n) is 3.36. The molecule has 0 spiro atoms. The summed E-state index contributed by atoms with van der Waals surface area (Å²) in [7, 11) is 0. The summed E-state index contributed by atoms with van der Waals surface area (Å²) in [6.07, 6.45) is -1.16. The summed E-state index contributed by atoms with van der Waals surface area (Å²) in [4.78, 5) is 15.5. The van der Waals surface area contributed by atoms with E-state index in [1.165, 1.54) is 6.07 Å². The lowest BCUT2D eigenvalue weighted by atomic mass is 10.00. The molecule has 1 aliphatic heterocycles. The number of carbonyl (C=O) groups is 1. The molecule has 27 heavy (non-hydrogen) atoms. The molecule has 138 valence electrons. The van der Waals surface area contributed by atoms with Crippen LogP contribution in [0.15, 0.2) is 42.5 Å². The van der Waals surface area contributed by atoms with Crippen LogP contribution >= 0.6 is 0 Å². The Kier molecular flexibility index (Phi) is 4.04. The van der Waals surface area contributed by atoms with Crippen LogP contribution in [0.25, 0.3) is 28.2 Å². The van der Waals surface area contributed by atoms with Gasteiger partial charge in [-0.05, 0) is 41.5 Å². The van der Waals surface area contributed by atoms with Crippen LogP contribution < -0.4 is 5.32 Å². The van der Waals surface area contributed by atoms with Gasteiger partial charge in [-0.15, -0.1) is 0 Å². The second kappa shape index (κ2) is 6.28. The van der Waals surface area contributed by atoms with Crippen LogP contribution in [-0.2, 0) is 17.4 Å². The normalized spacial score (nSPS) is 14.1. The number of hydrogen-bond donors (Lipinski definition) is 3. The standard InChI is InChI=1S/C20H15F3N2O2/c21-20(22,23)12-4-6-16-13(9-12)14-10-18(27)24-17-5-3-11(2-1-7-26)8-15(17)19(14)25-16/h1-6,8-9,25-26H,7,10H2,(H,24,27). The van der Waals surface area contributed by atoms with Crippen LogP contribution in [0.1, 0.15) is 16.7 Å². The molecule has 0 aliphatic carbocycles. The molecular formula is C20H15F3N2O2. The molecule has 7 heteroatoms. The molecule has 2 aromatic carbocycles. The molecule has 0 bridgehead atoms. The number of aliphatic hydroxyl groups is 1. The van der Waals surface area contributed by atoms with Crippen molar-refractivity contribution in [3.05, 3.63) is 59.2 Å². The Hall–Kier alpha value is -3.06. The zero-order valence-electron chi connectivity index (χ0n) is 14.0. The SMILES string of the molecule is O=C1Cc2c([nH]c3ccc(C(F)(F)F)cc23)-c2cc(C=CCO)ccc2N1. The fourth-order valence-corrected chi connectivity index (χ4v) is 3.36. The minimum absolute atomic E-state index is 0.0207. The van der Waals surface area contributed by atoms with E-state index in [1.807, 2.05) is 6.07 Å². The van der Waals surface area contributed by atoms with Gasteiger partial charge in [0, 0.05) is 16.5 Å². The van der Waals surface area contributed by atoms with E-state index in [0.29, 0.717) is 33.4 Å². The maximum absolute atomic E-state index is 13.1. The number of amides is 1. The highest BCUT2D eigenvalue weighted by atomic mass is 19.4.